The molecule has 102 valence electrons. The van der Waals surface area contributed by atoms with Gasteiger partial charge in [0.15, 0.2) is 6.10 Å². The molecule has 1 saturated heterocycles. The monoisotopic (exact) mass is 264 g/mol. The third kappa shape index (κ3) is 3.03. The van der Waals surface area contributed by atoms with Crippen molar-refractivity contribution < 1.29 is 19.4 Å². The SMILES string of the molecule is CN(C(=O)N1CCOC(C(=O)O)C1)c1ccccc1. The normalized spacial score (nSPS) is 19.0. The quantitative estimate of drug-likeness (QED) is 0.866. The van der Waals surface area contributed by atoms with Gasteiger partial charge in [-0.05, 0) is 12.1 Å². The summed E-state index contributed by atoms with van der Waals surface area (Å²) in [5.74, 6) is -1.04. The molecule has 1 aromatic rings. The Balaban J connectivity index is 2.05. The maximum Gasteiger partial charge on any atom is 0.334 e. The largest absolute Gasteiger partial charge is 0.479 e. The van der Waals surface area contributed by atoms with Crippen molar-refractivity contribution in [1.82, 2.24) is 4.90 Å². The molecule has 19 heavy (non-hydrogen) atoms. The minimum atomic E-state index is -1.04. The van der Waals surface area contributed by atoms with Crippen LogP contribution in [-0.2, 0) is 9.53 Å². The van der Waals surface area contributed by atoms with Crippen molar-refractivity contribution in [2.75, 3.05) is 31.6 Å². The number of carboxylic acids is 1. The molecular formula is C13H16N2O4. The van der Waals surface area contributed by atoms with Gasteiger partial charge in [0.25, 0.3) is 0 Å². The van der Waals surface area contributed by atoms with E-state index in [2.05, 4.69) is 0 Å². The smallest absolute Gasteiger partial charge is 0.334 e. The van der Waals surface area contributed by atoms with Crippen LogP contribution in [0.3, 0.4) is 0 Å². The van der Waals surface area contributed by atoms with Gasteiger partial charge in [0.2, 0.25) is 0 Å². The highest BCUT2D eigenvalue weighted by Gasteiger charge is 2.30. The highest BCUT2D eigenvalue weighted by molar-refractivity contribution is 5.91. The lowest BCUT2D eigenvalue weighted by Gasteiger charge is -2.33. The van der Waals surface area contributed by atoms with E-state index in [0.717, 1.165) is 5.69 Å². The molecule has 0 saturated carbocycles. The maximum absolute atomic E-state index is 12.3. The molecule has 1 aliphatic heterocycles. The number of urea groups is 1. The molecule has 1 fully saturated rings. The van der Waals surface area contributed by atoms with Crippen LogP contribution in [0, 0.1) is 0 Å². The minimum absolute atomic E-state index is 0.0747. The first-order valence-electron chi connectivity index (χ1n) is 6.01. The van der Waals surface area contributed by atoms with Crippen molar-refractivity contribution in [1.29, 1.82) is 0 Å². The number of benzene rings is 1. The molecule has 2 amide bonds. The number of ether oxygens (including phenoxy) is 1. The number of amides is 2. The second-order valence-electron chi connectivity index (χ2n) is 4.32. The average molecular weight is 264 g/mol. The number of carboxylic acid groups (broad SMARTS) is 1. The number of nitrogens with zero attached hydrogens (tertiary/aromatic N) is 2. The Kier molecular flexibility index (Phi) is 4.01. The van der Waals surface area contributed by atoms with E-state index >= 15 is 0 Å². The van der Waals surface area contributed by atoms with Gasteiger partial charge in [-0.1, -0.05) is 18.2 Å². The first kappa shape index (κ1) is 13.4. The third-order valence-corrected chi connectivity index (χ3v) is 3.04. The fourth-order valence-electron chi connectivity index (χ4n) is 1.95. The molecule has 1 atom stereocenters. The van der Waals surface area contributed by atoms with E-state index in [1.807, 2.05) is 30.3 Å². The number of hydrogen-bond donors (Lipinski definition) is 1. The van der Waals surface area contributed by atoms with E-state index in [1.54, 1.807) is 7.05 Å². The summed E-state index contributed by atoms with van der Waals surface area (Å²) in [6.45, 7) is 0.719. The van der Waals surface area contributed by atoms with Crippen LogP contribution >= 0.6 is 0 Å². The molecular weight excluding hydrogens is 248 g/mol. The highest BCUT2D eigenvalue weighted by atomic mass is 16.5. The molecule has 0 aromatic heterocycles. The lowest BCUT2D eigenvalue weighted by atomic mass is 10.2. The van der Waals surface area contributed by atoms with Gasteiger partial charge < -0.3 is 14.7 Å². The zero-order chi connectivity index (χ0) is 13.8. The van der Waals surface area contributed by atoms with E-state index in [4.69, 9.17) is 9.84 Å². The molecule has 1 N–H and O–H groups in total. The second-order valence-corrected chi connectivity index (χ2v) is 4.32. The molecule has 0 radical (unpaired) electrons. The molecule has 6 heteroatoms. The molecule has 0 bridgehead atoms. The van der Waals surface area contributed by atoms with Crippen LogP contribution in [0.25, 0.3) is 0 Å². The Morgan fingerprint density at radius 1 is 1.37 bits per heavy atom. The molecule has 1 aromatic carbocycles. The molecule has 0 spiro atoms. The van der Waals surface area contributed by atoms with Gasteiger partial charge in [0, 0.05) is 19.3 Å². The predicted octanol–water partition coefficient (Wildman–Crippen LogP) is 1.03. The van der Waals surface area contributed by atoms with E-state index in [1.165, 1.54) is 9.80 Å². The summed E-state index contributed by atoms with van der Waals surface area (Å²) in [6, 6.07) is 8.99. The van der Waals surface area contributed by atoms with Crippen LogP contribution < -0.4 is 4.90 Å². The van der Waals surface area contributed by atoms with Crippen LogP contribution in [0.15, 0.2) is 30.3 Å². The number of anilines is 1. The highest BCUT2D eigenvalue weighted by Crippen LogP contribution is 2.15. The number of carbonyl (C=O) groups is 2. The predicted molar refractivity (Wildman–Crippen MR) is 69.2 cm³/mol. The second kappa shape index (κ2) is 5.71. The first-order valence-corrected chi connectivity index (χ1v) is 6.01. The van der Waals surface area contributed by atoms with E-state index in [-0.39, 0.29) is 19.2 Å². The molecule has 6 nitrogen and oxygen atoms in total. The van der Waals surface area contributed by atoms with E-state index in [0.29, 0.717) is 6.54 Å². The van der Waals surface area contributed by atoms with Crippen molar-refractivity contribution in [3.63, 3.8) is 0 Å². The molecule has 1 aliphatic rings. The number of para-hydroxylation sites is 1. The van der Waals surface area contributed by atoms with Crippen LogP contribution in [0.5, 0.6) is 0 Å². The van der Waals surface area contributed by atoms with Gasteiger partial charge in [-0.25, -0.2) is 9.59 Å². The van der Waals surface area contributed by atoms with Gasteiger partial charge >= 0.3 is 12.0 Å². The lowest BCUT2D eigenvalue weighted by Crippen LogP contribution is -2.52. The van der Waals surface area contributed by atoms with Gasteiger partial charge in [0.1, 0.15) is 0 Å². The van der Waals surface area contributed by atoms with Crippen molar-refractivity contribution >= 4 is 17.7 Å². The molecule has 2 rings (SSSR count). The Morgan fingerprint density at radius 2 is 2.05 bits per heavy atom. The zero-order valence-electron chi connectivity index (χ0n) is 10.7. The van der Waals surface area contributed by atoms with Gasteiger partial charge in [-0.2, -0.15) is 0 Å². The Labute approximate surface area is 111 Å². The van der Waals surface area contributed by atoms with Gasteiger partial charge in [-0.3, -0.25) is 4.90 Å². The molecule has 1 unspecified atom stereocenters. The maximum atomic E-state index is 12.3. The van der Waals surface area contributed by atoms with E-state index in [9.17, 15) is 9.59 Å². The van der Waals surface area contributed by atoms with Crippen molar-refractivity contribution in [3.8, 4) is 0 Å². The Hall–Kier alpha value is -2.08. The summed E-state index contributed by atoms with van der Waals surface area (Å²) in [7, 11) is 1.67. The fraction of sp³-hybridized carbons (Fsp3) is 0.385. The van der Waals surface area contributed by atoms with Crippen LogP contribution in [0.1, 0.15) is 0 Å². The molecule has 0 aliphatic carbocycles. The third-order valence-electron chi connectivity index (χ3n) is 3.04. The van der Waals surface area contributed by atoms with Crippen LogP contribution in [-0.4, -0.2) is 54.9 Å². The first-order chi connectivity index (χ1) is 9.09. The lowest BCUT2D eigenvalue weighted by molar-refractivity contribution is -0.154. The summed E-state index contributed by atoms with van der Waals surface area (Å²) in [4.78, 5) is 26.2. The number of hydrogen-bond acceptors (Lipinski definition) is 3. The standard InChI is InChI=1S/C13H16N2O4/c1-14(10-5-3-2-4-6-10)13(18)15-7-8-19-11(9-15)12(16)17/h2-6,11H,7-9H2,1H3,(H,16,17). The summed E-state index contributed by atoms with van der Waals surface area (Å²) >= 11 is 0. The van der Waals surface area contributed by atoms with Crippen LogP contribution in [0.2, 0.25) is 0 Å². The number of aliphatic carboxylic acids is 1. The van der Waals surface area contributed by atoms with Gasteiger partial charge in [-0.15, -0.1) is 0 Å². The number of rotatable bonds is 2. The minimum Gasteiger partial charge on any atom is -0.479 e. The number of morpholine rings is 1. The topological polar surface area (TPSA) is 70.1 Å². The van der Waals surface area contributed by atoms with Crippen molar-refractivity contribution in [3.05, 3.63) is 30.3 Å². The Morgan fingerprint density at radius 3 is 2.68 bits per heavy atom. The summed E-state index contributed by atoms with van der Waals surface area (Å²) in [5, 5.41) is 8.92. The fourth-order valence-corrected chi connectivity index (χ4v) is 1.95. The van der Waals surface area contributed by atoms with Crippen LogP contribution in [0.4, 0.5) is 10.5 Å². The summed E-state index contributed by atoms with van der Waals surface area (Å²) in [5.41, 5.74) is 0.769. The zero-order valence-corrected chi connectivity index (χ0v) is 10.7. The van der Waals surface area contributed by atoms with Crippen molar-refractivity contribution in [2.24, 2.45) is 0 Å². The summed E-state index contributed by atoms with van der Waals surface area (Å²) in [6.07, 6.45) is -0.943. The number of carbonyl (C=O) groups excluding carboxylic acids is 1. The van der Waals surface area contributed by atoms with Crippen molar-refractivity contribution in [2.45, 2.75) is 6.10 Å². The summed E-state index contributed by atoms with van der Waals surface area (Å²) < 4.78 is 5.09. The average Bonchev–Trinajstić information content (AvgIpc) is 2.46. The Bertz CT molecular complexity index is 463. The van der Waals surface area contributed by atoms with E-state index < -0.39 is 12.1 Å². The molecule has 1 heterocycles. The van der Waals surface area contributed by atoms with Gasteiger partial charge in [0.05, 0.1) is 13.2 Å².